The Labute approximate surface area is 171 Å². The largest absolute Gasteiger partial charge is 0.298 e. The molecule has 2 aromatic heterocycles. The quantitative estimate of drug-likeness (QED) is 0.541. The molecular formula is C22H20N4O2S. The van der Waals surface area contributed by atoms with E-state index in [1.54, 1.807) is 22.8 Å². The van der Waals surface area contributed by atoms with E-state index in [9.17, 15) is 9.59 Å². The Bertz CT molecular complexity index is 1320. The van der Waals surface area contributed by atoms with E-state index in [0.29, 0.717) is 21.6 Å². The van der Waals surface area contributed by atoms with Gasteiger partial charge in [0.2, 0.25) is 0 Å². The molecule has 0 spiro atoms. The summed E-state index contributed by atoms with van der Waals surface area (Å²) in [6.07, 6.45) is 3.94. The Balaban J connectivity index is 1.50. The smallest absolute Gasteiger partial charge is 0.261 e. The molecule has 1 aliphatic heterocycles. The first-order valence-electron chi connectivity index (χ1n) is 9.81. The second-order valence-electron chi connectivity index (χ2n) is 7.42. The van der Waals surface area contributed by atoms with E-state index in [2.05, 4.69) is 10.3 Å². The molecule has 3 heterocycles. The number of para-hydroxylation sites is 1. The molecule has 1 N–H and O–H groups in total. The van der Waals surface area contributed by atoms with Crippen LogP contribution in [-0.2, 0) is 13.0 Å². The molecule has 1 aliphatic rings. The highest BCUT2D eigenvalue weighted by Crippen LogP contribution is 2.28. The number of benzene rings is 2. The van der Waals surface area contributed by atoms with Crippen LogP contribution < -0.4 is 10.9 Å². The number of anilines is 1. The van der Waals surface area contributed by atoms with Crippen molar-refractivity contribution in [3.05, 3.63) is 63.7 Å². The van der Waals surface area contributed by atoms with Crippen molar-refractivity contribution in [1.29, 1.82) is 0 Å². The number of aryl methyl sites for hydroxylation is 2. The van der Waals surface area contributed by atoms with Gasteiger partial charge in [-0.25, -0.2) is 9.97 Å². The van der Waals surface area contributed by atoms with Crippen molar-refractivity contribution in [3.63, 3.8) is 0 Å². The average Bonchev–Trinajstić information content (AvgIpc) is 2.98. The monoisotopic (exact) mass is 404 g/mol. The molecule has 146 valence electrons. The zero-order valence-electron chi connectivity index (χ0n) is 16.1. The Morgan fingerprint density at radius 3 is 2.90 bits per heavy atom. The maximum Gasteiger partial charge on any atom is 0.261 e. The number of rotatable bonds is 2. The second kappa shape index (κ2) is 7.08. The highest BCUT2D eigenvalue weighted by molar-refractivity contribution is 7.22. The lowest BCUT2D eigenvalue weighted by Gasteiger charge is -2.10. The first-order valence-corrected chi connectivity index (χ1v) is 10.6. The molecule has 7 heteroatoms. The van der Waals surface area contributed by atoms with Gasteiger partial charge in [0, 0.05) is 18.5 Å². The summed E-state index contributed by atoms with van der Waals surface area (Å²) in [5.41, 5.74) is 3.02. The fourth-order valence-corrected chi connectivity index (χ4v) is 4.81. The van der Waals surface area contributed by atoms with Crippen LogP contribution in [0.1, 0.15) is 41.0 Å². The Morgan fingerprint density at radius 2 is 2.03 bits per heavy atom. The summed E-state index contributed by atoms with van der Waals surface area (Å²) < 4.78 is 2.83. The predicted molar refractivity (Wildman–Crippen MR) is 116 cm³/mol. The van der Waals surface area contributed by atoms with Crippen molar-refractivity contribution in [3.8, 4) is 0 Å². The van der Waals surface area contributed by atoms with Gasteiger partial charge in [0.15, 0.2) is 5.13 Å². The van der Waals surface area contributed by atoms with Gasteiger partial charge in [0.1, 0.15) is 5.82 Å². The minimum atomic E-state index is -0.250. The zero-order chi connectivity index (χ0) is 20.0. The molecule has 0 unspecified atom stereocenters. The van der Waals surface area contributed by atoms with Gasteiger partial charge in [0.05, 0.1) is 21.1 Å². The van der Waals surface area contributed by atoms with Gasteiger partial charge < -0.3 is 0 Å². The van der Waals surface area contributed by atoms with Gasteiger partial charge in [0.25, 0.3) is 11.5 Å². The van der Waals surface area contributed by atoms with Crippen LogP contribution in [0.15, 0.2) is 41.2 Å². The Hall–Kier alpha value is -3.06. The molecule has 0 atom stereocenters. The summed E-state index contributed by atoms with van der Waals surface area (Å²) in [5.74, 6) is 0.569. The molecule has 0 radical (unpaired) electrons. The summed E-state index contributed by atoms with van der Waals surface area (Å²) in [6, 6.07) is 11.1. The Kier molecular flexibility index (Phi) is 4.39. The predicted octanol–water partition coefficient (Wildman–Crippen LogP) is 4.29. The van der Waals surface area contributed by atoms with Crippen molar-refractivity contribution < 1.29 is 4.79 Å². The number of hydrogen-bond acceptors (Lipinski definition) is 5. The lowest BCUT2D eigenvalue weighted by molar-refractivity contribution is 0.102. The molecule has 1 amide bonds. The molecule has 0 aliphatic carbocycles. The number of carbonyl (C=O) groups is 1. The molecule has 0 fully saturated rings. The van der Waals surface area contributed by atoms with Crippen LogP contribution in [-0.4, -0.2) is 20.4 Å². The topological polar surface area (TPSA) is 76.9 Å². The van der Waals surface area contributed by atoms with Gasteiger partial charge in [-0.15, -0.1) is 0 Å². The zero-order valence-corrected chi connectivity index (χ0v) is 16.9. The number of nitrogens with one attached hydrogen (secondary N) is 1. The summed E-state index contributed by atoms with van der Waals surface area (Å²) in [4.78, 5) is 34.9. The van der Waals surface area contributed by atoms with Crippen LogP contribution in [0.5, 0.6) is 0 Å². The van der Waals surface area contributed by atoms with Crippen molar-refractivity contribution >= 4 is 43.5 Å². The highest BCUT2D eigenvalue weighted by Gasteiger charge is 2.16. The third kappa shape index (κ3) is 3.21. The third-order valence-corrected chi connectivity index (χ3v) is 6.36. The lowest BCUT2D eigenvalue weighted by Crippen LogP contribution is -2.24. The van der Waals surface area contributed by atoms with E-state index >= 15 is 0 Å². The van der Waals surface area contributed by atoms with E-state index in [4.69, 9.17) is 4.98 Å². The van der Waals surface area contributed by atoms with Gasteiger partial charge >= 0.3 is 0 Å². The van der Waals surface area contributed by atoms with Crippen LogP contribution in [0, 0.1) is 6.92 Å². The minimum Gasteiger partial charge on any atom is -0.298 e. The van der Waals surface area contributed by atoms with E-state index in [-0.39, 0.29) is 11.5 Å². The van der Waals surface area contributed by atoms with Crippen molar-refractivity contribution in [2.75, 3.05) is 5.32 Å². The van der Waals surface area contributed by atoms with Crippen LogP contribution in [0.25, 0.3) is 21.1 Å². The van der Waals surface area contributed by atoms with Crippen molar-refractivity contribution in [2.24, 2.45) is 0 Å². The molecule has 2 aromatic carbocycles. The van der Waals surface area contributed by atoms with Gasteiger partial charge in [-0.1, -0.05) is 29.9 Å². The van der Waals surface area contributed by atoms with E-state index < -0.39 is 0 Å². The van der Waals surface area contributed by atoms with Gasteiger partial charge in [-0.05, 0) is 49.6 Å². The first kappa shape index (κ1) is 18.0. The molecule has 0 bridgehead atoms. The number of carbonyl (C=O) groups excluding carboxylic acids is 1. The minimum absolute atomic E-state index is 0.0134. The second-order valence-corrected chi connectivity index (χ2v) is 8.45. The molecule has 4 aromatic rings. The number of fused-ring (bicyclic) bond motifs is 3. The molecule has 5 rings (SSSR count). The maximum absolute atomic E-state index is 12.8. The van der Waals surface area contributed by atoms with E-state index in [1.807, 2.05) is 25.1 Å². The molecule has 0 saturated carbocycles. The van der Waals surface area contributed by atoms with Crippen molar-refractivity contribution in [2.45, 2.75) is 39.2 Å². The van der Waals surface area contributed by atoms with Gasteiger partial charge in [-0.2, -0.15) is 0 Å². The van der Waals surface area contributed by atoms with Crippen LogP contribution >= 0.6 is 11.3 Å². The molecule has 0 saturated heterocycles. The van der Waals surface area contributed by atoms with Crippen molar-refractivity contribution in [1.82, 2.24) is 14.5 Å². The fourth-order valence-electron chi connectivity index (χ4n) is 3.87. The SMILES string of the molecule is Cc1cccc2sc(NC(=O)c3ccc4c(=O)n5c(nc4c3)CCCCC5)nc12. The summed E-state index contributed by atoms with van der Waals surface area (Å²) in [6.45, 7) is 2.72. The fraction of sp³-hybridized carbons (Fsp3) is 0.273. The molecular weight excluding hydrogens is 384 g/mol. The van der Waals surface area contributed by atoms with Crippen LogP contribution in [0.3, 0.4) is 0 Å². The normalized spacial score (nSPS) is 14.0. The van der Waals surface area contributed by atoms with Crippen LogP contribution in [0.4, 0.5) is 5.13 Å². The van der Waals surface area contributed by atoms with E-state index in [1.165, 1.54) is 11.3 Å². The molecule has 29 heavy (non-hydrogen) atoms. The average molecular weight is 404 g/mol. The first-order chi connectivity index (χ1) is 14.1. The lowest BCUT2D eigenvalue weighted by atomic mass is 10.1. The number of amides is 1. The standard InChI is InChI=1S/C22H20N4O2S/c1-13-6-5-7-17-19(13)24-22(29-17)25-20(27)14-9-10-15-16(12-14)23-18-8-3-2-4-11-26(18)21(15)28/h5-7,9-10,12H,2-4,8,11H2,1H3,(H,24,25,27). The highest BCUT2D eigenvalue weighted by atomic mass is 32.1. The van der Waals surface area contributed by atoms with Gasteiger partial charge in [-0.3, -0.25) is 19.5 Å². The number of thiazole rings is 1. The maximum atomic E-state index is 12.8. The van der Waals surface area contributed by atoms with E-state index in [0.717, 1.165) is 53.8 Å². The molecule has 6 nitrogen and oxygen atoms in total. The number of nitrogens with zero attached hydrogens (tertiary/aromatic N) is 3. The van der Waals surface area contributed by atoms with Crippen LogP contribution in [0.2, 0.25) is 0 Å². The summed E-state index contributed by atoms with van der Waals surface area (Å²) in [7, 11) is 0. The summed E-state index contributed by atoms with van der Waals surface area (Å²) >= 11 is 1.45. The third-order valence-electron chi connectivity index (χ3n) is 5.42. The number of hydrogen-bond donors (Lipinski definition) is 1. The summed E-state index contributed by atoms with van der Waals surface area (Å²) in [5, 5.41) is 4.01. The number of aromatic nitrogens is 3. The Morgan fingerprint density at radius 1 is 1.14 bits per heavy atom.